The van der Waals surface area contributed by atoms with E-state index in [0.717, 1.165) is 34.6 Å². The van der Waals surface area contributed by atoms with Crippen LogP contribution in [-0.2, 0) is 9.53 Å². The first-order chi connectivity index (χ1) is 11.7. The molecule has 1 heterocycles. The van der Waals surface area contributed by atoms with E-state index in [9.17, 15) is 4.79 Å². The van der Waals surface area contributed by atoms with Gasteiger partial charge in [0.1, 0.15) is 0 Å². The van der Waals surface area contributed by atoms with Gasteiger partial charge in [0.05, 0.1) is 25.2 Å². The summed E-state index contributed by atoms with van der Waals surface area (Å²) in [5, 5.41) is 8.92. The number of carbonyl (C=O) groups is 1. The van der Waals surface area contributed by atoms with Gasteiger partial charge in [-0.15, -0.1) is 11.8 Å². The third-order valence-corrected chi connectivity index (χ3v) is 5.77. The van der Waals surface area contributed by atoms with E-state index >= 15 is 0 Å². The average Bonchev–Trinajstić information content (AvgIpc) is 3.40. The van der Waals surface area contributed by atoms with E-state index in [2.05, 4.69) is 11.1 Å². The number of esters is 1. The highest BCUT2D eigenvalue weighted by Crippen LogP contribution is 2.52. The molecular weight excluding hydrogens is 320 g/mol. The highest BCUT2D eigenvalue weighted by Gasteiger charge is 2.44. The minimum absolute atomic E-state index is 0.0863. The molecule has 24 heavy (non-hydrogen) atoms. The van der Waals surface area contributed by atoms with E-state index in [1.807, 2.05) is 36.5 Å². The fourth-order valence-corrected chi connectivity index (χ4v) is 3.94. The highest BCUT2D eigenvalue weighted by molar-refractivity contribution is 7.99. The van der Waals surface area contributed by atoms with Gasteiger partial charge in [0.2, 0.25) is 0 Å². The summed E-state index contributed by atoms with van der Waals surface area (Å²) in [6.45, 7) is 0. The van der Waals surface area contributed by atoms with Crippen molar-refractivity contribution in [2.75, 3.05) is 12.9 Å². The van der Waals surface area contributed by atoms with Crippen molar-refractivity contribution in [3.05, 3.63) is 48.3 Å². The Balaban J connectivity index is 1.75. The second-order valence-corrected chi connectivity index (χ2v) is 7.12. The maximum Gasteiger partial charge on any atom is 0.306 e. The molecule has 0 bridgehead atoms. The third-order valence-electron chi connectivity index (χ3n) is 4.34. The Morgan fingerprint density at radius 3 is 2.71 bits per heavy atom. The number of benzene rings is 1. The second kappa shape index (κ2) is 7.06. The molecular formula is C19H18N2O2S. The molecule has 0 N–H and O–H groups in total. The lowest BCUT2D eigenvalue weighted by Gasteiger charge is -2.15. The molecule has 1 saturated carbocycles. The van der Waals surface area contributed by atoms with Crippen molar-refractivity contribution >= 4 is 17.7 Å². The Kier molecular flexibility index (Phi) is 4.86. The summed E-state index contributed by atoms with van der Waals surface area (Å²) in [5.41, 5.74) is 2.83. The van der Waals surface area contributed by atoms with Gasteiger partial charge in [-0.25, -0.2) is 0 Å². The van der Waals surface area contributed by atoms with Crippen LogP contribution in [0, 0.1) is 16.7 Å². The number of nitriles is 1. The molecule has 2 aromatic rings. The van der Waals surface area contributed by atoms with Crippen LogP contribution >= 0.6 is 11.8 Å². The van der Waals surface area contributed by atoms with Crippen LogP contribution in [0.25, 0.3) is 11.1 Å². The molecule has 122 valence electrons. The fraction of sp³-hybridized carbons (Fsp3) is 0.316. The van der Waals surface area contributed by atoms with Crippen molar-refractivity contribution in [2.24, 2.45) is 5.41 Å². The van der Waals surface area contributed by atoms with Crippen LogP contribution in [0.15, 0.2) is 47.6 Å². The van der Waals surface area contributed by atoms with Gasteiger partial charge < -0.3 is 4.74 Å². The fourth-order valence-electron chi connectivity index (χ4n) is 2.61. The Morgan fingerprint density at radius 1 is 1.33 bits per heavy atom. The summed E-state index contributed by atoms with van der Waals surface area (Å²) in [6, 6.07) is 11.7. The van der Waals surface area contributed by atoms with Gasteiger partial charge in [-0.05, 0) is 42.0 Å². The predicted molar refractivity (Wildman–Crippen MR) is 93.4 cm³/mol. The molecule has 3 rings (SSSR count). The van der Waals surface area contributed by atoms with Crippen molar-refractivity contribution in [1.82, 2.24) is 4.98 Å². The molecule has 5 heteroatoms. The molecule has 0 unspecified atom stereocenters. The van der Waals surface area contributed by atoms with Crippen LogP contribution in [-0.4, -0.2) is 23.8 Å². The number of carbonyl (C=O) groups excluding carboxylic acids is 1. The van der Waals surface area contributed by atoms with E-state index in [1.54, 1.807) is 18.0 Å². The topological polar surface area (TPSA) is 63.0 Å². The Morgan fingerprint density at radius 2 is 2.08 bits per heavy atom. The van der Waals surface area contributed by atoms with Gasteiger partial charge in [-0.2, -0.15) is 5.26 Å². The number of hydrogen-bond donors (Lipinski definition) is 0. The second-order valence-electron chi connectivity index (χ2n) is 6.10. The maximum atomic E-state index is 11.6. The minimum atomic E-state index is -0.129. The number of methoxy groups -OCH3 is 1. The van der Waals surface area contributed by atoms with Crippen LogP contribution in [0.5, 0.6) is 0 Å². The van der Waals surface area contributed by atoms with E-state index in [0.29, 0.717) is 12.0 Å². The molecule has 0 aliphatic heterocycles. The third kappa shape index (κ3) is 3.77. The zero-order valence-electron chi connectivity index (χ0n) is 13.5. The Labute approximate surface area is 145 Å². The number of aromatic nitrogens is 1. The van der Waals surface area contributed by atoms with Crippen LogP contribution in [0.2, 0.25) is 0 Å². The molecule has 4 nitrogen and oxygen atoms in total. The van der Waals surface area contributed by atoms with Crippen LogP contribution in [0.1, 0.15) is 24.8 Å². The molecule has 0 saturated heterocycles. The summed E-state index contributed by atoms with van der Waals surface area (Å²) in [6.07, 6.45) is 6.28. The van der Waals surface area contributed by atoms with Crippen LogP contribution in [0.4, 0.5) is 0 Å². The monoisotopic (exact) mass is 338 g/mol. The van der Waals surface area contributed by atoms with E-state index < -0.39 is 0 Å². The van der Waals surface area contributed by atoms with Crippen molar-refractivity contribution < 1.29 is 9.53 Å². The number of nitrogens with zero attached hydrogens (tertiary/aromatic N) is 2. The van der Waals surface area contributed by atoms with Gasteiger partial charge in [0.25, 0.3) is 0 Å². The van der Waals surface area contributed by atoms with Crippen molar-refractivity contribution in [3.63, 3.8) is 0 Å². The Hall–Kier alpha value is -2.32. The predicted octanol–water partition coefficient (Wildman–Crippen LogP) is 4.06. The summed E-state index contributed by atoms with van der Waals surface area (Å²) >= 11 is 1.76. The van der Waals surface area contributed by atoms with Gasteiger partial charge in [0, 0.05) is 28.6 Å². The summed E-state index contributed by atoms with van der Waals surface area (Å²) in [5.74, 6) is 0.769. The number of pyridine rings is 1. The van der Waals surface area contributed by atoms with E-state index in [-0.39, 0.29) is 11.4 Å². The van der Waals surface area contributed by atoms with E-state index in [4.69, 9.17) is 10.00 Å². The van der Waals surface area contributed by atoms with E-state index in [1.165, 1.54) is 7.11 Å². The first kappa shape index (κ1) is 16.5. The maximum absolute atomic E-state index is 11.6. The average molecular weight is 338 g/mol. The zero-order chi connectivity index (χ0) is 17.0. The molecule has 1 aliphatic rings. The normalized spacial score (nSPS) is 14.7. The molecule has 0 spiro atoms. The number of rotatable bonds is 6. The number of thioether (sulfide) groups is 1. The lowest BCUT2D eigenvalue weighted by Crippen LogP contribution is -2.13. The molecule has 1 aliphatic carbocycles. The van der Waals surface area contributed by atoms with Gasteiger partial charge in [-0.3, -0.25) is 9.78 Å². The zero-order valence-corrected chi connectivity index (χ0v) is 14.3. The van der Waals surface area contributed by atoms with Crippen LogP contribution in [0.3, 0.4) is 0 Å². The largest absolute Gasteiger partial charge is 0.469 e. The van der Waals surface area contributed by atoms with Crippen molar-refractivity contribution in [3.8, 4) is 17.2 Å². The number of hydrogen-bond acceptors (Lipinski definition) is 5. The molecule has 0 radical (unpaired) electrons. The minimum Gasteiger partial charge on any atom is -0.469 e. The van der Waals surface area contributed by atoms with Gasteiger partial charge in [0.15, 0.2) is 0 Å². The molecule has 1 aromatic carbocycles. The highest BCUT2D eigenvalue weighted by atomic mass is 32.2. The molecule has 0 amide bonds. The van der Waals surface area contributed by atoms with Crippen LogP contribution < -0.4 is 0 Å². The number of ether oxygens (including phenoxy) is 1. The molecule has 1 aromatic heterocycles. The smallest absolute Gasteiger partial charge is 0.306 e. The summed E-state index contributed by atoms with van der Waals surface area (Å²) in [7, 11) is 1.44. The SMILES string of the molecule is COC(=O)CC1(CSc2ccncc2-c2ccc(C#N)cc2)CC1. The first-order valence-electron chi connectivity index (χ1n) is 7.80. The molecule has 1 fully saturated rings. The van der Waals surface area contributed by atoms with Gasteiger partial charge >= 0.3 is 5.97 Å². The molecule has 0 atom stereocenters. The standard InChI is InChI=1S/C19H18N2O2S/c1-23-18(22)10-19(7-8-19)13-24-17-6-9-21-12-16(17)15-4-2-14(11-20)3-5-15/h2-6,9,12H,7-8,10,13H2,1H3. The lowest BCUT2D eigenvalue weighted by molar-refractivity contribution is -0.141. The summed E-state index contributed by atoms with van der Waals surface area (Å²) < 4.78 is 4.81. The van der Waals surface area contributed by atoms with Crippen molar-refractivity contribution in [1.29, 1.82) is 5.26 Å². The summed E-state index contributed by atoms with van der Waals surface area (Å²) in [4.78, 5) is 16.9. The lowest BCUT2D eigenvalue weighted by atomic mass is 10.1. The Bertz CT molecular complexity index is 777. The first-order valence-corrected chi connectivity index (χ1v) is 8.78. The quantitative estimate of drug-likeness (QED) is 0.587. The van der Waals surface area contributed by atoms with Crippen molar-refractivity contribution in [2.45, 2.75) is 24.2 Å². The van der Waals surface area contributed by atoms with Gasteiger partial charge in [-0.1, -0.05) is 12.1 Å².